The minimum absolute atomic E-state index is 0.0496. The second-order valence-corrected chi connectivity index (χ2v) is 8.12. The number of nitrogens with one attached hydrogen (secondary N) is 1. The molecule has 1 aromatic carbocycles. The van der Waals surface area contributed by atoms with Crippen molar-refractivity contribution in [1.82, 2.24) is 14.7 Å². The van der Waals surface area contributed by atoms with Gasteiger partial charge in [-0.05, 0) is 69.7 Å². The van der Waals surface area contributed by atoms with Crippen LogP contribution in [0.4, 0.5) is 10.5 Å². The molecule has 4 rings (SSSR count). The van der Waals surface area contributed by atoms with Gasteiger partial charge in [0, 0.05) is 24.0 Å². The van der Waals surface area contributed by atoms with Gasteiger partial charge in [-0.15, -0.1) is 0 Å². The number of aryl methyl sites for hydroxylation is 2. The number of rotatable bonds is 3. The third kappa shape index (κ3) is 3.87. The Bertz CT molecular complexity index is 806. The number of nitrogens with zero attached hydrogens (tertiary/aromatic N) is 3. The molecule has 0 radical (unpaired) electrons. The molecule has 0 spiro atoms. The quantitative estimate of drug-likeness (QED) is 0.825. The number of amides is 2. The molecule has 27 heavy (non-hydrogen) atoms. The molecule has 1 N–H and O–H groups in total. The molecule has 144 valence electrons. The van der Waals surface area contributed by atoms with E-state index < -0.39 is 0 Å². The Labute approximate surface area is 161 Å². The number of hydrogen-bond donors (Lipinski definition) is 1. The van der Waals surface area contributed by atoms with Crippen LogP contribution in [0.2, 0.25) is 0 Å². The number of likely N-dealkylation sites (tertiary alicyclic amines) is 1. The van der Waals surface area contributed by atoms with Crippen LogP contribution in [0.1, 0.15) is 56.3 Å². The molecule has 2 fully saturated rings. The van der Waals surface area contributed by atoms with E-state index in [2.05, 4.69) is 21.4 Å². The highest BCUT2D eigenvalue weighted by Gasteiger charge is 2.35. The molecule has 1 saturated heterocycles. The molecule has 0 bridgehead atoms. The lowest BCUT2D eigenvalue weighted by molar-refractivity contribution is 0.166. The van der Waals surface area contributed by atoms with Crippen molar-refractivity contribution >= 4 is 11.7 Å². The Morgan fingerprint density at radius 3 is 2.63 bits per heavy atom. The Morgan fingerprint density at radius 2 is 1.89 bits per heavy atom. The third-order valence-corrected chi connectivity index (χ3v) is 6.11. The Kier molecular flexibility index (Phi) is 5.19. The molecule has 1 saturated carbocycles. The van der Waals surface area contributed by atoms with Crippen LogP contribution in [-0.4, -0.2) is 33.3 Å². The summed E-state index contributed by atoms with van der Waals surface area (Å²) in [5.74, 6) is 0.688. The van der Waals surface area contributed by atoms with E-state index in [1.807, 2.05) is 42.8 Å². The van der Waals surface area contributed by atoms with E-state index >= 15 is 0 Å². The fourth-order valence-corrected chi connectivity index (χ4v) is 4.85. The summed E-state index contributed by atoms with van der Waals surface area (Å²) in [7, 11) is 0. The molecule has 5 nitrogen and oxygen atoms in total. The molecule has 2 aromatic rings. The van der Waals surface area contributed by atoms with Gasteiger partial charge in [0.05, 0.1) is 11.4 Å². The predicted octanol–water partition coefficient (Wildman–Crippen LogP) is 5.07. The van der Waals surface area contributed by atoms with Crippen molar-refractivity contribution in [3.63, 3.8) is 0 Å². The largest absolute Gasteiger partial charge is 0.322 e. The van der Waals surface area contributed by atoms with Gasteiger partial charge >= 0.3 is 6.03 Å². The van der Waals surface area contributed by atoms with Gasteiger partial charge in [0.2, 0.25) is 0 Å². The Balaban J connectivity index is 1.47. The summed E-state index contributed by atoms with van der Waals surface area (Å²) in [6, 6.07) is 10.5. The summed E-state index contributed by atoms with van der Waals surface area (Å²) in [6.07, 6.45) is 8.84. The first kappa shape index (κ1) is 18.1. The summed E-state index contributed by atoms with van der Waals surface area (Å²) >= 11 is 0. The number of carbonyl (C=O) groups is 1. The lowest BCUT2D eigenvalue weighted by Crippen LogP contribution is -2.43. The Morgan fingerprint density at radius 1 is 1.07 bits per heavy atom. The first-order valence-corrected chi connectivity index (χ1v) is 10.3. The number of aromatic nitrogens is 2. The van der Waals surface area contributed by atoms with Crippen molar-refractivity contribution in [2.75, 3.05) is 11.9 Å². The molecule has 1 atom stereocenters. The number of benzene rings is 1. The molecule has 5 heteroatoms. The van der Waals surface area contributed by atoms with Crippen molar-refractivity contribution in [2.45, 2.75) is 64.8 Å². The van der Waals surface area contributed by atoms with Crippen LogP contribution in [0.3, 0.4) is 0 Å². The van der Waals surface area contributed by atoms with E-state index in [9.17, 15) is 4.79 Å². The van der Waals surface area contributed by atoms with E-state index in [-0.39, 0.29) is 6.03 Å². The maximum Gasteiger partial charge on any atom is 0.322 e. The number of carbonyl (C=O) groups excluding carboxylic acids is 1. The molecule has 2 amide bonds. The van der Waals surface area contributed by atoms with Crippen LogP contribution in [0.5, 0.6) is 0 Å². The lowest BCUT2D eigenvalue weighted by Gasteiger charge is -2.34. The van der Waals surface area contributed by atoms with Gasteiger partial charge in [0.25, 0.3) is 0 Å². The molecule has 1 unspecified atom stereocenters. The summed E-state index contributed by atoms with van der Waals surface area (Å²) < 4.78 is 1.92. The van der Waals surface area contributed by atoms with Gasteiger partial charge in [-0.3, -0.25) is 0 Å². The van der Waals surface area contributed by atoms with Gasteiger partial charge < -0.3 is 10.2 Å². The van der Waals surface area contributed by atoms with Crippen LogP contribution in [0, 0.1) is 19.8 Å². The van der Waals surface area contributed by atoms with Crippen molar-refractivity contribution in [3.8, 4) is 5.69 Å². The van der Waals surface area contributed by atoms with Crippen LogP contribution in [0.25, 0.3) is 5.69 Å². The third-order valence-electron chi connectivity index (χ3n) is 6.11. The van der Waals surface area contributed by atoms with Gasteiger partial charge in [-0.2, -0.15) is 5.10 Å². The van der Waals surface area contributed by atoms with Gasteiger partial charge in [-0.25, -0.2) is 9.48 Å². The van der Waals surface area contributed by atoms with Gasteiger partial charge in [0.15, 0.2) is 0 Å². The van der Waals surface area contributed by atoms with Crippen molar-refractivity contribution in [1.29, 1.82) is 0 Å². The van der Waals surface area contributed by atoms with Crippen molar-refractivity contribution in [2.24, 2.45) is 5.92 Å². The average Bonchev–Trinajstić information content (AvgIpc) is 3.29. The molecule has 1 aliphatic heterocycles. The summed E-state index contributed by atoms with van der Waals surface area (Å²) in [5, 5.41) is 7.68. The molecule has 1 aromatic heterocycles. The first-order chi connectivity index (χ1) is 13.1. The maximum absolute atomic E-state index is 13.0. The zero-order valence-corrected chi connectivity index (χ0v) is 16.4. The fraction of sp³-hybridized carbons (Fsp3) is 0.545. The van der Waals surface area contributed by atoms with Gasteiger partial charge in [-0.1, -0.05) is 25.3 Å². The highest BCUT2D eigenvalue weighted by molar-refractivity contribution is 5.90. The summed E-state index contributed by atoms with van der Waals surface area (Å²) in [5.41, 5.74) is 3.89. The first-order valence-electron chi connectivity index (χ1n) is 10.3. The van der Waals surface area contributed by atoms with E-state index in [1.165, 1.54) is 32.1 Å². The van der Waals surface area contributed by atoms with E-state index in [1.54, 1.807) is 0 Å². The smallest absolute Gasteiger partial charge is 0.321 e. The molecular weight excluding hydrogens is 336 g/mol. The standard InChI is InChI=1S/C22H30N4O/c1-16-14-17(2)26(24-16)20-11-6-10-19(15-20)23-22(27)25-13-7-12-21(25)18-8-4-3-5-9-18/h6,10-11,14-15,18,21H,3-5,7-9,12-13H2,1-2H3,(H,23,27). The molecule has 1 aliphatic carbocycles. The van der Waals surface area contributed by atoms with Crippen LogP contribution in [0.15, 0.2) is 30.3 Å². The van der Waals surface area contributed by atoms with Gasteiger partial charge in [0.1, 0.15) is 0 Å². The highest BCUT2D eigenvalue weighted by Crippen LogP contribution is 2.34. The number of anilines is 1. The highest BCUT2D eigenvalue weighted by atomic mass is 16.2. The van der Waals surface area contributed by atoms with Crippen molar-refractivity contribution in [3.05, 3.63) is 41.7 Å². The van der Waals surface area contributed by atoms with E-state index in [0.717, 1.165) is 42.1 Å². The average molecular weight is 367 g/mol. The molecular formula is C22H30N4O. The minimum Gasteiger partial charge on any atom is -0.321 e. The lowest BCUT2D eigenvalue weighted by atomic mass is 9.83. The zero-order chi connectivity index (χ0) is 18.8. The number of urea groups is 1. The SMILES string of the molecule is Cc1cc(C)n(-c2cccc(NC(=O)N3CCCC3C3CCCCC3)c2)n1. The number of hydrogen-bond acceptors (Lipinski definition) is 2. The summed E-state index contributed by atoms with van der Waals surface area (Å²) in [4.78, 5) is 15.1. The summed E-state index contributed by atoms with van der Waals surface area (Å²) in [6.45, 7) is 4.92. The second-order valence-electron chi connectivity index (χ2n) is 8.12. The molecule has 2 aliphatic rings. The minimum atomic E-state index is 0.0496. The maximum atomic E-state index is 13.0. The van der Waals surface area contributed by atoms with E-state index in [4.69, 9.17) is 0 Å². The predicted molar refractivity (Wildman–Crippen MR) is 108 cm³/mol. The Hall–Kier alpha value is -2.30. The van der Waals surface area contributed by atoms with Crippen LogP contribution < -0.4 is 5.32 Å². The van der Waals surface area contributed by atoms with Crippen LogP contribution >= 0.6 is 0 Å². The second kappa shape index (κ2) is 7.75. The molecule has 2 heterocycles. The monoisotopic (exact) mass is 366 g/mol. The fourth-order valence-electron chi connectivity index (χ4n) is 4.85. The zero-order valence-electron chi connectivity index (χ0n) is 16.4. The van der Waals surface area contributed by atoms with E-state index in [0.29, 0.717) is 12.0 Å². The topological polar surface area (TPSA) is 50.2 Å². The normalized spacial score (nSPS) is 20.8. The van der Waals surface area contributed by atoms with Crippen molar-refractivity contribution < 1.29 is 4.79 Å². The van der Waals surface area contributed by atoms with Crippen LogP contribution in [-0.2, 0) is 0 Å².